The third-order valence-electron chi connectivity index (χ3n) is 4.18. The summed E-state index contributed by atoms with van der Waals surface area (Å²) in [6, 6.07) is 13.7. The number of likely N-dealkylation sites (N-methyl/N-ethyl adjacent to an activating group) is 1. The van der Waals surface area contributed by atoms with E-state index >= 15 is 0 Å². The first-order valence-corrected chi connectivity index (χ1v) is 9.88. The molecular formula is C21H26FN3O2S. The van der Waals surface area contributed by atoms with Gasteiger partial charge in [0, 0.05) is 24.1 Å². The molecule has 7 heteroatoms. The van der Waals surface area contributed by atoms with Crippen LogP contribution < -0.4 is 10.6 Å². The zero-order valence-corrected chi connectivity index (χ0v) is 17.3. The summed E-state index contributed by atoms with van der Waals surface area (Å²) in [6.45, 7) is 3.69. The number of nitrogens with zero attached hydrogens (tertiary/aromatic N) is 1. The molecule has 2 unspecified atom stereocenters. The van der Waals surface area contributed by atoms with Gasteiger partial charge in [-0.2, -0.15) is 0 Å². The van der Waals surface area contributed by atoms with Crippen LogP contribution in [0.4, 0.5) is 10.1 Å². The van der Waals surface area contributed by atoms with Gasteiger partial charge >= 0.3 is 0 Å². The van der Waals surface area contributed by atoms with Gasteiger partial charge in [0.2, 0.25) is 11.8 Å². The molecule has 2 amide bonds. The fraction of sp³-hybridized carbons (Fsp3) is 0.333. The minimum absolute atomic E-state index is 0.0841. The molecule has 0 aliphatic carbocycles. The van der Waals surface area contributed by atoms with Crippen molar-refractivity contribution < 1.29 is 14.0 Å². The number of carbonyl (C=O) groups excluding carboxylic acids is 2. The molecule has 0 bridgehead atoms. The number of amides is 2. The zero-order valence-electron chi connectivity index (χ0n) is 16.5. The monoisotopic (exact) mass is 403 g/mol. The van der Waals surface area contributed by atoms with Gasteiger partial charge in [-0.25, -0.2) is 4.39 Å². The molecule has 150 valence electrons. The number of carbonyl (C=O) groups is 2. The highest BCUT2D eigenvalue weighted by Gasteiger charge is 2.19. The van der Waals surface area contributed by atoms with Gasteiger partial charge in [0.25, 0.3) is 0 Å². The van der Waals surface area contributed by atoms with Crippen molar-refractivity contribution >= 4 is 29.3 Å². The second-order valence-electron chi connectivity index (χ2n) is 6.75. The first kappa shape index (κ1) is 21.9. The Labute approximate surface area is 169 Å². The van der Waals surface area contributed by atoms with Crippen molar-refractivity contribution in [2.75, 3.05) is 26.0 Å². The highest BCUT2D eigenvalue weighted by atomic mass is 32.2. The molecule has 0 saturated heterocycles. The lowest BCUT2D eigenvalue weighted by atomic mass is 10.1. The maximum Gasteiger partial charge on any atom is 0.233 e. The Hall–Kier alpha value is -2.38. The molecule has 2 aromatic carbocycles. The molecule has 0 spiro atoms. The fourth-order valence-electron chi connectivity index (χ4n) is 2.73. The van der Waals surface area contributed by atoms with Gasteiger partial charge in [-0.1, -0.05) is 12.1 Å². The first-order chi connectivity index (χ1) is 13.3. The molecular weight excluding hydrogens is 377 g/mol. The van der Waals surface area contributed by atoms with Crippen LogP contribution in [0.3, 0.4) is 0 Å². The van der Waals surface area contributed by atoms with Gasteiger partial charge in [0.05, 0.1) is 11.3 Å². The lowest BCUT2D eigenvalue weighted by Crippen LogP contribution is -2.38. The van der Waals surface area contributed by atoms with E-state index in [9.17, 15) is 14.0 Å². The van der Waals surface area contributed by atoms with E-state index in [0.29, 0.717) is 6.54 Å². The molecule has 28 heavy (non-hydrogen) atoms. The second-order valence-corrected chi connectivity index (χ2v) is 8.16. The molecule has 0 aromatic heterocycles. The van der Waals surface area contributed by atoms with Gasteiger partial charge in [0.15, 0.2) is 0 Å². The van der Waals surface area contributed by atoms with Crippen LogP contribution in [-0.2, 0) is 9.59 Å². The summed E-state index contributed by atoms with van der Waals surface area (Å²) in [5.74, 6) is -0.497. The van der Waals surface area contributed by atoms with E-state index in [-0.39, 0.29) is 28.9 Å². The van der Waals surface area contributed by atoms with Gasteiger partial charge in [0.1, 0.15) is 5.82 Å². The molecule has 0 saturated carbocycles. The van der Waals surface area contributed by atoms with Crippen LogP contribution in [0.25, 0.3) is 0 Å². The number of rotatable bonds is 8. The highest BCUT2D eigenvalue weighted by Crippen LogP contribution is 2.25. The molecule has 2 rings (SSSR count). The summed E-state index contributed by atoms with van der Waals surface area (Å²) in [6.07, 6.45) is 0. The molecule has 0 aliphatic heterocycles. The van der Waals surface area contributed by atoms with Crippen LogP contribution in [0, 0.1) is 5.82 Å². The van der Waals surface area contributed by atoms with Crippen molar-refractivity contribution in [2.45, 2.75) is 30.0 Å². The standard InChI is InChI=1S/C21H26FN3O2S/c1-14(28-19-10-8-18(9-11-19)24-15(2)26)21(27)23-13-20(25(3)4)16-6-5-7-17(22)12-16/h5-12,14,20H,13H2,1-4H3,(H,23,27)(H,24,26). The molecule has 5 nitrogen and oxygen atoms in total. The average molecular weight is 404 g/mol. The molecule has 0 aliphatic rings. The summed E-state index contributed by atoms with van der Waals surface area (Å²) in [7, 11) is 3.80. The van der Waals surface area contributed by atoms with Crippen LogP contribution in [0.5, 0.6) is 0 Å². The Balaban J connectivity index is 1.92. The van der Waals surface area contributed by atoms with Gasteiger partial charge < -0.3 is 15.5 Å². The van der Waals surface area contributed by atoms with Crippen molar-refractivity contribution in [3.8, 4) is 0 Å². The van der Waals surface area contributed by atoms with Crippen molar-refractivity contribution in [1.82, 2.24) is 10.2 Å². The van der Waals surface area contributed by atoms with Crippen LogP contribution in [0.1, 0.15) is 25.5 Å². The summed E-state index contributed by atoms with van der Waals surface area (Å²) >= 11 is 1.44. The zero-order chi connectivity index (χ0) is 20.7. The number of hydrogen-bond donors (Lipinski definition) is 2. The summed E-state index contributed by atoms with van der Waals surface area (Å²) in [5, 5.41) is 5.38. The lowest BCUT2D eigenvalue weighted by Gasteiger charge is -2.25. The van der Waals surface area contributed by atoms with Gasteiger partial charge in [-0.3, -0.25) is 9.59 Å². The van der Waals surface area contributed by atoms with Crippen molar-refractivity contribution in [3.63, 3.8) is 0 Å². The van der Waals surface area contributed by atoms with Crippen molar-refractivity contribution in [2.24, 2.45) is 0 Å². The fourth-order valence-corrected chi connectivity index (χ4v) is 3.62. The topological polar surface area (TPSA) is 61.4 Å². The van der Waals surface area contributed by atoms with Crippen LogP contribution >= 0.6 is 11.8 Å². The normalized spacial score (nSPS) is 13.1. The Morgan fingerprint density at radius 2 is 1.82 bits per heavy atom. The number of hydrogen-bond acceptors (Lipinski definition) is 4. The van der Waals surface area contributed by atoms with E-state index in [2.05, 4.69) is 10.6 Å². The Kier molecular flexibility index (Phi) is 8.02. The molecule has 2 N–H and O–H groups in total. The predicted molar refractivity (Wildman–Crippen MR) is 112 cm³/mol. The van der Waals surface area contributed by atoms with E-state index in [0.717, 1.165) is 16.1 Å². The molecule has 2 atom stereocenters. The van der Waals surface area contributed by atoms with E-state index in [1.807, 2.05) is 44.1 Å². The quantitative estimate of drug-likeness (QED) is 0.660. The maximum absolute atomic E-state index is 13.5. The lowest BCUT2D eigenvalue weighted by molar-refractivity contribution is -0.120. The van der Waals surface area contributed by atoms with Crippen molar-refractivity contribution in [3.05, 3.63) is 59.9 Å². The summed E-state index contributed by atoms with van der Waals surface area (Å²) in [4.78, 5) is 26.5. The third kappa shape index (κ3) is 6.65. The second kappa shape index (κ2) is 10.2. The largest absolute Gasteiger partial charge is 0.353 e. The van der Waals surface area contributed by atoms with E-state index in [1.165, 1.54) is 30.8 Å². The average Bonchev–Trinajstić information content (AvgIpc) is 2.62. The third-order valence-corrected chi connectivity index (χ3v) is 5.30. The summed E-state index contributed by atoms with van der Waals surface area (Å²) < 4.78 is 13.5. The number of thioether (sulfide) groups is 1. The van der Waals surface area contributed by atoms with E-state index < -0.39 is 0 Å². The Bertz CT molecular complexity index is 812. The van der Waals surface area contributed by atoms with Gasteiger partial charge in [-0.05, 0) is 63.0 Å². The minimum atomic E-state index is -0.290. The minimum Gasteiger partial charge on any atom is -0.353 e. The maximum atomic E-state index is 13.5. The number of benzene rings is 2. The number of anilines is 1. The first-order valence-electron chi connectivity index (χ1n) is 9.00. The SMILES string of the molecule is CC(=O)Nc1ccc(SC(C)C(=O)NCC(c2cccc(F)c2)N(C)C)cc1. The van der Waals surface area contributed by atoms with E-state index in [1.54, 1.807) is 18.2 Å². The highest BCUT2D eigenvalue weighted by molar-refractivity contribution is 8.00. The number of halogens is 1. The van der Waals surface area contributed by atoms with Crippen LogP contribution in [-0.4, -0.2) is 42.6 Å². The van der Waals surface area contributed by atoms with Crippen LogP contribution in [0.15, 0.2) is 53.4 Å². The van der Waals surface area contributed by atoms with E-state index in [4.69, 9.17) is 0 Å². The molecule has 0 heterocycles. The van der Waals surface area contributed by atoms with Crippen LogP contribution in [0.2, 0.25) is 0 Å². The van der Waals surface area contributed by atoms with Crippen molar-refractivity contribution in [1.29, 1.82) is 0 Å². The number of nitrogens with one attached hydrogen (secondary N) is 2. The summed E-state index contributed by atoms with van der Waals surface area (Å²) in [5.41, 5.74) is 1.54. The Morgan fingerprint density at radius 3 is 2.39 bits per heavy atom. The predicted octanol–water partition coefficient (Wildman–Crippen LogP) is 3.68. The smallest absolute Gasteiger partial charge is 0.233 e. The van der Waals surface area contributed by atoms with Gasteiger partial charge in [-0.15, -0.1) is 11.8 Å². The molecule has 2 aromatic rings. The molecule has 0 fully saturated rings. The Morgan fingerprint density at radius 1 is 1.14 bits per heavy atom. The molecule has 0 radical (unpaired) electrons.